The standard InChI is InChI=1S/C14H15Cl2NO2S2/c1-10-9-20-13(7-15)14(10)21(18,19)17(2)8-11-5-3-4-6-12(11)16/h3-6,9H,7-8H2,1-2H3. The first-order chi connectivity index (χ1) is 9.87. The van der Waals surface area contributed by atoms with Crippen molar-refractivity contribution in [2.75, 3.05) is 7.05 Å². The number of thiophene rings is 1. The number of halogens is 2. The maximum Gasteiger partial charge on any atom is 0.244 e. The molecule has 0 aliphatic rings. The minimum atomic E-state index is -3.58. The number of benzene rings is 1. The summed E-state index contributed by atoms with van der Waals surface area (Å²) in [5, 5.41) is 2.37. The molecular formula is C14H15Cl2NO2S2. The Morgan fingerprint density at radius 2 is 1.95 bits per heavy atom. The molecule has 0 radical (unpaired) electrons. The van der Waals surface area contributed by atoms with Gasteiger partial charge >= 0.3 is 0 Å². The molecule has 0 atom stereocenters. The first-order valence-corrected chi connectivity index (χ1v) is 9.43. The molecule has 1 aromatic heterocycles. The number of hydrogen-bond donors (Lipinski definition) is 0. The molecule has 0 fully saturated rings. The van der Waals surface area contributed by atoms with E-state index in [0.717, 1.165) is 11.1 Å². The number of aryl methyl sites for hydroxylation is 1. The molecule has 1 heterocycles. The van der Waals surface area contributed by atoms with Gasteiger partial charge in [-0.05, 0) is 29.5 Å². The van der Waals surface area contributed by atoms with Crippen LogP contribution in [0.1, 0.15) is 16.0 Å². The summed E-state index contributed by atoms with van der Waals surface area (Å²) in [5.74, 6) is 0.188. The summed E-state index contributed by atoms with van der Waals surface area (Å²) < 4.78 is 26.8. The molecule has 0 bridgehead atoms. The predicted molar refractivity (Wildman–Crippen MR) is 88.7 cm³/mol. The molecule has 7 heteroatoms. The average molecular weight is 364 g/mol. The van der Waals surface area contributed by atoms with Crippen molar-refractivity contribution in [2.45, 2.75) is 24.2 Å². The number of rotatable bonds is 5. The van der Waals surface area contributed by atoms with Crippen LogP contribution >= 0.6 is 34.5 Å². The van der Waals surface area contributed by atoms with Crippen molar-refractivity contribution in [1.82, 2.24) is 4.31 Å². The summed E-state index contributed by atoms with van der Waals surface area (Å²) in [4.78, 5) is 0.984. The molecular weight excluding hydrogens is 349 g/mol. The molecule has 0 aliphatic carbocycles. The Bertz CT molecular complexity index is 741. The molecule has 0 N–H and O–H groups in total. The molecule has 0 aliphatic heterocycles. The van der Waals surface area contributed by atoms with Gasteiger partial charge in [0.2, 0.25) is 10.0 Å². The monoisotopic (exact) mass is 363 g/mol. The Labute approximate surface area is 139 Å². The fourth-order valence-corrected chi connectivity index (χ4v) is 5.38. The Kier molecular flexibility index (Phi) is 5.33. The van der Waals surface area contributed by atoms with Crippen LogP contribution < -0.4 is 0 Å². The SMILES string of the molecule is Cc1csc(CCl)c1S(=O)(=O)N(C)Cc1ccccc1Cl. The molecule has 21 heavy (non-hydrogen) atoms. The van der Waals surface area contributed by atoms with E-state index in [4.69, 9.17) is 23.2 Å². The Hall–Kier alpha value is -0.590. The normalized spacial score (nSPS) is 12.0. The van der Waals surface area contributed by atoms with E-state index < -0.39 is 10.0 Å². The molecule has 2 rings (SSSR count). The van der Waals surface area contributed by atoms with Crippen molar-refractivity contribution < 1.29 is 8.42 Å². The van der Waals surface area contributed by atoms with E-state index in [1.54, 1.807) is 20.0 Å². The topological polar surface area (TPSA) is 37.4 Å². The number of nitrogens with zero attached hydrogens (tertiary/aromatic N) is 1. The molecule has 0 spiro atoms. The van der Waals surface area contributed by atoms with E-state index in [9.17, 15) is 8.42 Å². The van der Waals surface area contributed by atoms with Gasteiger partial charge in [0.1, 0.15) is 4.90 Å². The lowest BCUT2D eigenvalue weighted by Gasteiger charge is -2.18. The van der Waals surface area contributed by atoms with Crippen LogP contribution in [0.25, 0.3) is 0 Å². The Morgan fingerprint density at radius 3 is 2.57 bits per heavy atom. The zero-order valence-corrected chi connectivity index (χ0v) is 14.8. The minimum absolute atomic E-state index is 0.188. The fourth-order valence-electron chi connectivity index (χ4n) is 2.03. The number of hydrogen-bond acceptors (Lipinski definition) is 3. The van der Waals surface area contributed by atoms with E-state index in [0.29, 0.717) is 14.8 Å². The van der Waals surface area contributed by atoms with Gasteiger partial charge in [-0.3, -0.25) is 0 Å². The van der Waals surface area contributed by atoms with Gasteiger partial charge in [-0.2, -0.15) is 4.31 Å². The van der Waals surface area contributed by atoms with Crippen molar-refractivity contribution in [3.8, 4) is 0 Å². The van der Waals surface area contributed by atoms with Crippen LogP contribution in [0.4, 0.5) is 0 Å². The average Bonchev–Trinajstić information content (AvgIpc) is 2.83. The highest BCUT2D eigenvalue weighted by Gasteiger charge is 2.27. The lowest BCUT2D eigenvalue weighted by molar-refractivity contribution is 0.466. The highest BCUT2D eigenvalue weighted by atomic mass is 35.5. The third-order valence-electron chi connectivity index (χ3n) is 3.13. The van der Waals surface area contributed by atoms with Gasteiger partial charge in [0, 0.05) is 23.5 Å². The number of sulfonamides is 1. The third kappa shape index (κ3) is 3.43. The van der Waals surface area contributed by atoms with Gasteiger partial charge in [0.15, 0.2) is 0 Å². The smallest absolute Gasteiger partial charge is 0.207 e. The van der Waals surface area contributed by atoms with E-state index in [-0.39, 0.29) is 12.4 Å². The summed E-state index contributed by atoms with van der Waals surface area (Å²) >= 11 is 13.3. The van der Waals surface area contributed by atoms with Gasteiger partial charge in [0.05, 0.1) is 5.88 Å². The summed E-state index contributed by atoms with van der Waals surface area (Å²) in [7, 11) is -2.03. The lowest BCUT2D eigenvalue weighted by Crippen LogP contribution is -2.27. The largest absolute Gasteiger partial charge is 0.244 e. The zero-order valence-electron chi connectivity index (χ0n) is 11.6. The van der Waals surface area contributed by atoms with Gasteiger partial charge in [0.25, 0.3) is 0 Å². The van der Waals surface area contributed by atoms with Crippen LogP contribution in [0.3, 0.4) is 0 Å². The van der Waals surface area contributed by atoms with Gasteiger partial charge in [-0.1, -0.05) is 29.8 Å². The van der Waals surface area contributed by atoms with Crippen molar-refractivity contribution >= 4 is 44.6 Å². The molecule has 2 aromatic rings. The van der Waals surface area contributed by atoms with Crippen LogP contribution in [0, 0.1) is 6.92 Å². The zero-order chi connectivity index (χ0) is 15.6. The van der Waals surface area contributed by atoms with Gasteiger partial charge in [-0.15, -0.1) is 22.9 Å². The predicted octanol–water partition coefficient (Wildman–Crippen LogP) is 4.27. The van der Waals surface area contributed by atoms with E-state index in [1.807, 2.05) is 23.6 Å². The van der Waals surface area contributed by atoms with Crippen LogP contribution in [-0.4, -0.2) is 19.8 Å². The second-order valence-electron chi connectivity index (χ2n) is 4.66. The highest BCUT2D eigenvalue weighted by Crippen LogP contribution is 2.31. The van der Waals surface area contributed by atoms with Crippen molar-refractivity contribution in [3.05, 3.63) is 50.7 Å². The molecule has 0 saturated heterocycles. The number of alkyl halides is 1. The molecule has 0 saturated carbocycles. The van der Waals surface area contributed by atoms with Gasteiger partial charge in [-0.25, -0.2) is 8.42 Å². The van der Waals surface area contributed by atoms with Crippen LogP contribution in [0.15, 0.2) is 34.5 Å². The van der Waals surface area contributed by atoms with Crippen molar-refractivity contribution in [1.29, 1.82) is 0 Å². The lowest BCUT2D eigenvalue weighted by atomic mass is 10.2. The molecule has 1 aromatic carbocycles. The summed E-state index contributed by atoms with van der Waals surface area (Å²) in [6.45, 7) is 2.00. The quantitative estimate of drug-likeness (QED) is 0.743. The molecule has 0 amide bonds. The van der Waals surface area contributed by atoms with Crippen LogP contribution in [0.2, 0.25) is 5.02 Å². The summed E-state index contributed by atoms with van der Waals surface area (Å²) in [6, 6.07) is 7.21. The van der Waals surface area contributed by atoms with E-state index in [1.165, 1.54) is 15.6 Å². The first-order valence-electron chi connectivity index (χ1n) is 6.20. The van der Waals surface area contributed by atoms with Crippen LogP contribution in [0.5, 0.6) is 0 Å². The minimum Gasteiger partial charge on any atom is -0.207 e. The Balaban J connectivity index is 2.35. The highest BCUT2D eigenvalue weighted by molar-refractivity contribution is 7.89. The second-order valence-corrected chi connectivity index (χ2v) is 8.28. The van der Waals surface area contributed by atoms with Crippen molar-refractivity contribution in [3.63, 3.8) is 0 Å². The summed E-state index contributed by atoms with van der Waals surface area (Å²) in [5.41, 5.74) is 1.49. The molecule has 3 nitrogen and oxygen atoms in total. The van der Waals surface area contributed by atoms with Crippen molar-refractivity contribution in [2.24, 2.45) is 0 Å². The first kappa shape index (κ1) is 16.8. The Morgan fingerprint density at radius 1 is 1.29 bits per heavy atom. The maximum atomic E-state index is 12.7. The summed E-state index contributed by atoms with van der Waals surface area (Å²) in [6.07, 6.45) is 0. The maximum absolute atomic E-state index is 12.7. The van der Waals surface area contributed by atoms with E-state index >= 15 is 0 Å². The van der Waals surface area contributed by atoms with Gasteiger partial charge < -0.3 is 0 Å². The van der Waals surface area contributed by atoms with E-state index in [2.05, 4.69) is 0 Å². The molecule has 114 valence electrons. The molecule has 0 unspecified atom stereocenters. The fraction of sp³-hybridized carbons (Fsp3) is 0.286. The third-order valence-corrected chi connectivity index (χ3v) is 7.19. The van der Waals surface area contributed by atoms with Crippen LogP contribution in [-0.2, 0) is 22.4 Å². The second kappa shape index (κ2) is 6.67.